The molecule has 0 atom stereocenters. The summed E-state index contributed by atoms with van der Waals surface area (Å²) in [5.74, 6) is 1.08. The van der Waals surface area contributed by atoms with E-state index in [-0.39, 0.29) is 11.5 Å². The number of benzene rings is 2. The molecule has 0 aliphatic carbocycles. The summed E-state index contributed by atoms with van der Waals surface area (Å²) in [4.78, 5) is 2.39. The molecule has 0 unspecified atom stereocenters. The molecule has 0 radical (unpaired) electrons. The first kappa shape index (κ1) is 14.7. The lowest BCUT2D eigenvalue weighted by molar-refractivity contribution is 0.237. The number of phenolic OH excluding ortho intramolecular Hbond substituents is 2. The number of phenols is 2. The predicted octanol–water partition coefficient (Wildman–Crippen LogP) is 3.24. The summed E-state index contributed by atoms with van der Waals surface area (Å²) >= 11 is 0. The molecule has 0 aromatic heterocycles. The molecular formula is C18H21NO3. The van der Waals surface area contributed by atoms with Crippen LogP contribution in [-0.2, 0) is 0 Å². The highest BCUT2D eigenvalue weighted by molar-refractivity contribution is 5.67. The largest absolute Gasteiger partial charge is 0.508 e. The van der Waals surface area contributed by atoms with Crippen LogP contribution in [0.1, 0.15) is 12.8 Å². The third-order valence-electron chi connectivity index (χ3n) is 3.97. The zero-order valence-corrected chi connectivity index (χ0v) is 12.5. The van der Waals surface area contributed by atoms with Crippen molar-refractivity contribution in [3.63, 3.8) is 0 Å². The second-order valence-electron chi connectivity index (χ2n) is 5.66. The molecule has 2 aromatic rings. The molecule has 116 valence electrons. The Morgan fingerprint density at radius 2 is 1.59 bits per heavy atom. The molecule has 1 aliphatic rings. The van der Waals surface area contributed by atoms with Crippen LogP contribution in [0.3, 0.4) is 0 Å². The lowest BCUT2D eigenvalue weighted by atomic mass is 10.1. The Morgan fingerprint density at radius 3 is 2.32 bits per heavy atom. The number of hydrogen-bond acceptors (Lipinski definition) is 4. The van der Waals surface area contributed by atoms with Gasteiger partial charge in [-0.25, -0.2) is 0 Å². The van der Waals surface area contributed by atoms with Crippen molar-refractivity contribution in [2.45, 2.75) is 12.8 Å². The van der Waals surface area contributed by atoms with Gasteiger partial charge >= 0.3 is 0 Å². The van der Waals surface area contributed by atoms with Gasteiger partial charge in [0.15, 0.2) is 0 Å². The van der Waals surface area contributed by atoms with Crippen LogP contribution < -0.4 is 4.74 Å². The van der Waals surface area contributed by atoms with E-state index in [1.165, 1.54) is 12.8 Å². The average Bonchev–Trinajstić information content (AvgIpc) is 3.01. The van der Waals surface area contributed by atoms with Gasteiger partial charge in [-0.3, -0.25) is 4.90 Å². The number of aromatic hydroxyl groups is 2. The van der Waals surface area contributed by atoms with Crippen molar-refractivity contribution in [2.75, 3.05) is 26.2 Å². The summed E-state index contributed by atoms with van der Waals surface area (Å²) in [6.07, 6.45) is 2.55. The van der Waals surface area contributed by atoms with Gasteiger partial charge in [-0.15, -0.1) is 0 Å². The van der Waals surface area contributed by atoms with Crippen LogP contribution in [0, 0.1) is 0 Å². The van der Waals surface area contributed by atoms with Crippen LogP contribution in [0.5, 0.6) is 17.2 Å². The highest BCUT2D eigenvalue weighted by atomic mass is 16.5. The average molecular weight is 299 g/mol. The van der Waals surface area contributed by atoms with Gasteiger partial charge in [0.05, 0.1) is 0 Å². The summed E-state index contributed by atoms with van der Waals surface area (Å²) in [5.41, 5.74) is 1.80. The fourth-order valence-electron chi connectivity index (χ4n) is 2.79. The summed E-state index contributed by atoms with van der Waals surface area (Å²) in [5, 5.41) is 19.2. The van der Waals surface area contributed by atoms with Crippen molar-refractivity contribution in [1.29, 1.82) is 0 Å². The van der Waals surface area contributed by atoms with Gasteiger partial charge in [0.2, 0.25) is 0 Å². The minimum Gasteiger partial charge on any atom is -0.508 e. The second kappa shape index (κ2) is 6.71. The molecule has 4 heteroatoms. The molecule has 0 bridgehead atoms. The van der Waals surface area contributed by atoms with E-state index in [1.54, 1.807) is 24.3 Å². The Labute approximate surface area is 130 Å². The first-order chi connectivity index (χ1) is 10.7. The van der Waals surface area contributed by atoms with Gasteiger partial charge < -0.3 is 14.9 Å². The monoisotopic (exact) mass is 299 g/mol. The molecule has 22 heavy (non-hydrogen) atoms. The fourth-order valence-corrected chi connectivity index (χ4v) is 2.79. The molecule has 0 amide bonds. The highest BCUT2D eigenvalue weighted by Gasteiger charge is 2.11. The topological polar surface area (TPSA) is 52.9 Å². The van der Waals surface area contributed by atoms with E-state index in [4.69, 9.17) is 4.74 Å². The number of likely N-dealkylation sites (tertiary alicyclic amines) is 1. The summed E-state index contributed by atoms with van der Waals surface area (Å²) < 4.78 is 5.78. The molecular weight excluding hydrogens is 278 g/mol. The smallest absolute Gasteiger partial charge is 0.123 e. The SMILES string of the molecule is Oc1ccc(-c2cc(O)cc(OCCN3CCCC3)c2)cc1. The van der Waals surface area contributed by atoms with Crippen LogP contribution in [0.2, 0.25) is 0 Å². The number of rotatable bonds is 5. The van der Waals surface area contributed by atoms with E-state index in [1.807, 2.05) is 18.2 Å². The Kier molecular flexibility index (Phi) is 4.49. The third kappa shape index (κ3) is 3.71. The van der Waals surface area contributed by atoms with Gasteiger partial charge in [-0.05, 0) is 61.3 Å². The maximum absolute atomic E-state index is 9.88. The maximum atomic E-state index is 9.88. The van der Waals surface area contributed by atoms with E-state index < -0.39 is 0 Å². The maximum Gasteiger partial charge on any atom is 0.123 e. The minimum atomic E-state index is 0.182. The van der Waals surface area contributed by atoms with Crippen molar-refractivity contribution >= 4 is 0 Å². The van der Waals surface area contributed by atoms with Crippen molar-refractivity contribution in [3.8, 4) is 28.4 Å². The van der Waals surface area contributed by atoms with Gasteiger partial charge in [-0.2, -0.15) is 0 Å². The van der Waals surface area contributed by atoms with Crippen molar-refractivity contribution in [3.05, 3.63) is 42.5 Å². The molecule has 2 aromatic carbocycles. The zero-order valence-electron chi connectivity index (χ0n) is 12.5. The number of hydrogen-bond donors (Lipinski definition) is 2. The number of nitrogens with zero attached hydrogens (tertiary/aromatic N) is 1. The standard InChI is InChI=1S/C18H21NO3/c20-16-5-3-14(4-6-16)15-11-17(21)13-18(12-15)22-10-9-19-7-1-2-8-19/h3-6,11-13,20-21H,1-2,7-10H2. The number of ether oxygens (including phenoxy) is 1. The van der Waals surface area contributed by atoms with E-state index in [2.05, 4.69) is 4.90 Å². The quantitative estimate of drug-likeness (QED) is 0.890. The van der Waals surface area contributed by atoms with Crippen LogP contribution in [-0.4, -0.2) is 41.4 Å². The first-order valence-electron chi connectivity index (χ1n) is 7.69. The van der Waals surface area contributed by atoms with Crippen LogP contribution >= 0.6 is 0 Å². The van der Waals surface area contributed by atoms with Gasteiger partial charge in [-0.1, -0.05) is 12.1 Å². The molecule has 1 heterocycles. The minimum absolute atomic E-state index is 0.182. The van der Waals surface area contributed by atoms with Gasteiger partial charge in [0.25, 0.3) is 0 Å². The summed E-state index contributed by atoms with van der Waals surface area (Å²) in [6, 6.07) is 12.1. The van der Waals surface area contributed by atoms with Crippen LogP contribution in [0.4, 0.5) is 0 Å². The van der Waals surface area contributed by atoms with Crippen molar-refractivity contribution in [1.82, 2.24) is 4.90 Å². The predicted molar refractivity (Wildman–Crippen MR) is 86.4 cm³/mol. The Balaban J connectivity index is 1.67. The lowest BCUT2D eigenvalue weighted by Gasteiger charge is -2.15. The second-order valence-corrected chi connectivity index (χ2v) is 5.66. The molecule has 3 rings (SSSR count). The third-order valence-corrected chi connectivity index (χ3v) is 3.97. The molecule has 1 aliphatic heterocycles. The van der Waals surface area contributed by atoms with Gasteiger partial charge in [0.1, 0.15) is 23.9 Å². The van der Waals surface area contributed by atoms with Crippen molar-refractivity contribution < 1.29 is 14.9 Å². The first-order valence-corrected chi connectivity index (χ1v) is 7.69. The molecule has 1 saturated heterocycles. The molecule has 0 spiro atoms. The molecule has 1 fully saturated rings. The molecule has 0 saturated carbocycles. The van der Waals surface area contributed by atoms with Crippen LogP contribution in [0.15, 0.2) is 42.5 Å². The van der Waals surface area contributed by atoms with Crippen LogP contribution in [0.25, 0.3) is 11.1 Å². The van der Waals surface area contributed by atoms with E-state index in [0.717, 1.165) is 30.8 Å². The fraction of sp³-hybridized carbons (Fsp3) is 0.333. The van der Waals surface area contributed by atoms with E-state index >= 15 is 0 Å². The van der Waals surface area contributed by atoms with E-state index in [9.17, 15) is 10.2 Å². The Hall–Kier alpha value is -2.20. The molecule has 4 nitrogen and oxygen atoms in total. The highest BCUT2D eigenvalue weighted by Crippen LogP contribution is 2.30. The lowest BCUT2D eigenvalue weighted by Crippen LogP contribution is -2.25. The summed E-state index contributed by atoms with van der Waals surface area (Å²) in [7, 11) is 0. The van der Waals surface area contributed by atoms with Crippen molar-refractivity contribution in [2.24, 2.45) is 0 Å². The Morgan fingerprint density at radius 1 is 0.864 bits per heavy atom. The normalized spacial score (nSPS) is 15.1. The van der Waals surface area contributed by atoms with Gasteiger partial charge in [0, 0.05) is 12.6 Å². The zero-order chi connectivity index (χ0) is 15.4. The Bertz CT molecular complexity index is 619. The summed E-state index contributed by atoms with van der Waals surface area (Å²) in [6.45, 7) is 3.85. The molecule has 2 N–H and O–H groups in total. The van der Waals surface area contributed by atoms with E-state index in [0.29, 0.717) is 12.4 Å².